The van der Waals surface area contributed by atoms with E-state index in [0.29, 0.717) is 28.7 Å². The second-order valence-electron chi connectivity index (χ2n) is 7.63. The van der Waals surface area contributed by atoms with Gasteiger partial charge in [-0.1, -0.05) is 23.2 Å². The minimum absolute atomic E-state index is 0.0530. The highest BCUT2D eigenvalue weighted by molar-refractivity contribution is 6.51. The number of anilines is 1. The van der Waals surface area contributed by atoms with Crippen molar-refractivity contribution in [2.45, 2.75) is 13.0 Å². The smallest absolute Gasteiger partial charge is 0.300 e. The summed E-state index contributed by atoms with van der Waals surface area (Å²) in [6.45, 7) is 1.79. The normalized spacial score (nSPS) is 18.6. The van der Waals surface area contributed by atoms with Gasteiger partial charge in [0.05, 0.1) is 22.7 Å². The Labute approximate surface area is 203 Å². The molecule has 1 unspecified atom stereocenters. The van der Waals surface area contributed by atoms with Crippen molar-refractivity contribution in [2.24, 2.45) is 0 Å². The highest BCUT2D eigenvalue weighted by Gasteiger charge is 2.48. The first-order valence-electron chi connectivity index (χ1n) is 10.1. The SMILES string of the molecule is COc1c(Cl)cc(/C(O)=C2/C(=O)C(=O)N(c3ccc4c(c3)OCO4)C2c2ccc(C)o2)cc1Cl. The van der Waals surface area contributed by atoms with Crippen LogP contribution >= 0.6 is 23.2 Å². The van der Waals surface area contributed by atoms with E-state index in [1.54, 1.807) is 37.3 Å². The van der Waals surface area contributed by atoms with Gasteiger partial charge in [-0.25, -0.2) is 0 Å². The maximum Gasteiger partial charge on any atom is 0.300 e. The van der Waals surface area contributed by atoms with Crippen LogP contribution in [0.4, 0.5) is 5.69 Å². The molecule has 1 N–H and O–H groups in total. The number of benzene rings is 2. The summed E-state index contributed by atoms with van der Waals surface area (Å²) >= 11 is 12.5. The van der Waals surface area contributed by atoms with Gasteiger partial charge < -0.3 is 23.7 Å². The molecule has 8 nitrogen and oxygen atoms in total. The van der Waals surface area contributed by atoms with Crippen LogP contribution in [0.5, 0.6) is 17.2 Å². The first kappa shape index (κ1) is 22.2. The van der Waals surface area contributed by atoms with Crippen LogP contribution in [0.25, 0.3) is 5.76 Å². The van der Waals surface area contributed by atoms with E-state index in [0.717, 1.165) is 0 Å². The number of ketones is 1. The number of furan rings is 1. The Bertz CT molecular complexity index is 1350. The van der Waals surface area contributed by atoms with Crippen molar-refractivity contribution in [1.29, 1.82) is 0 Å². The van der Waals surface area contributed by atoms with E-state index in [9.17, 15) is 14.7 Å². The Kier molecular flexibility index (Phi) is 5.42. The molecule has 1 fully saturated rings. The van der Waals surface area contributed by atoms with E-state index in [2.05, 4.69) is 0 Å². The minimum atomic E-state index is -1.05. The van der Waals surface area contributed by atoms with E-state index in [1.165, 1.54) is 24.1 Å². The standard InChI is InChI=1S/C24H17Cl2NO7/c1-11-3-5-17(34-11)20-19(21(28)12-7-14(25)23(31-2)15(26)8-12)22(29)24(30)27(20)13-4-6-16-18(9-13)33-10-32-16/h3-9,20,28H,10H2,1-2H3/b21-19-. The number of hydrogen-bond donors (Lipinski definition) is 1. The first-order valence-corrected chi connectivity index (χ1v) is 10.9. The van der Waals surface area contributed by atoms with Gasteiger partial charge in [-0.05, 0) is 43.3 Å². The quantitative estimate of drug-likeness (QED) is 0.295. The second-order valence-corrected chi connectivity index (χ2v) is 8.44. The molecule has 2 aliphatic heterocycles. The van der Waals surface area contributed by atoms with Crippen LogP contribution in [0.3, 0.4) is 0 Å². The molecule has 0 bridgehead atoms. The summed E-state index contributed by atoms with van der Waals surface area (Å²) in [5.41, 5.74) is 0.345. The fourth-order valence-electron chi connectivity index (χ4n) is 4.05. The maximum absolute atomic E-state index is 13.2. The molecule has 0 radical (unpaired) electrons. The van der Waals surface area contributed by atoms with Crippen molar-refractivity contribution in [3.63, 3.8) is 0 Å². The lowest BCUT2D eigenvalue weighted by Crippen LogP contribution is -2.29. The largest absolute Gasteiger partial charge is 0.507 e. The summed E-state index contributed by atoms with van der Waals surface area (Å²) in [7, 11) is 1.41. The summed E-state index contributed by atoms with van der Waals surface area (Å²) in [6, 6.07) is 9.97. The molecule has 3 heterocycles. The number of carbonyl (C=O) groups excluding carboxylic acids is 2. The van der Waals surface area contributed by atoms with Crippen LogP contribution < -0.4 is 19.1 Å². The lowest BCUT2D eigenvalue weighted by molar-refractivity contribution is -0.132. The van der Waals surface area contributed by atoms with Crippen molar-refractivity contribution in [2.75, 3.05) is 18.8 Å². The van der Waals surface area contributed by atoms with Gasteiger partial charge in [-0.2, -0.15) is 0 Å². The zero-order valence-electron chi connectivity index (χ0n) is 17.9. The number of nitrogens with zero attached hydrogens (tertiary/aromatic N) is 1. The molecule has 0 aliphatic carbocycles. The maximum atomic E-state index is 13.2. The summed E-state index contributed by atoms with van der Waals surface area (Å²) in [5.74, 6) is -0.146. The average Bonchev–Trinajstić information content (AvgIpc) is 3.51. The fourth-order valence-corrected chi connectivity index (χ4v) is 4.69. The number of halogens is 2. The summed E-state index contributed by atoms with van der Waals surface area (Å²) < 4.78 is 21.7. The van der Waals surface area contributed by atoms with Crippen LogP contribution in [0.15, 0.2) is 52.5 Å². The molecule has 0 spiro atoms. The predicted molar refractivity (Wildman–Crippen MR) is 124 cm³/mol. The van der Waals surface area contributed by atoms with E-state index < -0.39 is 23.5 Å². The third-order valence-electron chi connectivity index (χ3n) is 5.59. The Morgan fingerprint density at radius 2 is 1.76 bits per heavy atom. The van der Waals surface area contributed by atoms with Gasteiger partial charge in [-0.15, -0.1) is 0 Å². The highest BCUT2D eigenvalue weighted by atomic mass is 35.5. The Morgan fingerprint density at radius 3 is 2.41 bits per heavy atom. The minimum Gasteiger partial charge on any atom is -0.507 e. The van der Waals surface area contributed by atoms with Crippen LogP contribution in [-0.4, -0.2) is 30.7 Å². The van der Waals surface area contributed by atoms with Crippen LogP contribution in [0, 0.1) is 6.92 Å². The number of Topliss-reactive ketones (excluding diaryl/α,β-unsaturated/α-hetero) is 1. The molecule has 1 amide bonds. The fraction of sp³-hybridized carbons (Fsp3) is 0.167. The number of aryl methyl sites for hydroxylation is 1. The number of fused-ring (bicyclic) bond motifs is 1. The van der Waals surface area contributed by atoms with Gasteiger partial charge >= 0.3 is 0 Å². The zero-order chi connectivity index (χ0) is 24.1. The first-order chi connectivity index (χ1) is 16.3. The van der Waals surface area contributed by atoms with E-state index in [4.69, 9.17) is 41.8 Å². The van der Waals surface area contributed by atoms with Crippen molar-refractivity contribution in [3.8, 4) is 17.2 Å². The topological polar surface area (TPSA) is 98.4 Å². The summed E-state index contributed by atoms with van der Waals surface area (Å²) in [5, 5.41) is 11.5. The number of carbonyl (C=O) groups is 2. The third-order valence-corrected chi connectivity index (χ3v) is 6.15. The van der Waals surface area contributed by atoms with Gasteiger partial charge in [0.15, 0.2) is 17.2 Å². The van der Waals surface area contributed by atoms with Gasteiger partial charge in [0.2, 0.25) is 6.79 Å². The van der Waals surface area contributed by atoms with Crippen molar-refractivity contribution < 1.29 is 33.3 Å². The molecule has 174 valence electrons. The Balaban J connectivity index is 1.70. The number of ether oxygens (including phenoxy) is 3. The molecule has 34 heavy (non-hydrogen) atoms. The second kappa shape index (κ2) is 8.30. The number of rotatable bonds is 4. The molecule has 0 saturated carbocycles. The van der Waals surface area contributed by atoms with Gasteiger partial charge in [0, 0.05) is 17.3 Å². The molecular weight excluding hydrogens is 485 g/mol. The van der Waals surface area contributed by atoms with Crippen molar-refractivity contribution in [1.82, 2.24) is 0 Å². The van der Waals surface area contributed by atoms with Crippen LogP contribution in [-0.2, 0) is 9.59 Å². The average molecular weight is 502 g/mol. The van der Waals surface area contributed by atoms with Gasteiger partial charge in [-0.3, -0.25) is 14.5 Å². The summed E-state index contributed by atoms with van der Waals surface area (Å²) in [4.78, 5) is 27.7. The van der Waals surface area contributed by atoms with E-state index in [1.807, 2.05) is 0 Å². The predicted octanol–water partition coefficient (Wildman–Crippen LogP) is 5.26. The monoisotopic (exact) mass is 501 g/mol. The molecule has 2 aromatic carbocycles. The lowest BCUT2D eigenvalue weighted by Gasteiger charge is -2.23. The Morgan fingerprint density at radius 1 is 1.06 bits per heavy atom. The summed E-state index contributed by atoms with van der Waals surface area (Å²) in [6.07, 6.45) is 0. The van der Waals surface area contributed by atoms with Crippen molar-refractivity contribution in [3.05, 3.63) is 75.2 Å². The molecule has 10 heteroatoms. The van der Waals surface area contributed by atoms with Crippen molar-refractivity contribution >= 4 is 46.3 Å². The molecule has 2 aliphatic rings. The molecule has 1 aromatic heterocycles. The van der Waals surface area contributed by atoms with E-state index >= 15 is 0 Å². The Hall–Kier alpha value is -3.62. The highest BCUT2D eigenvalue weighted by Crippen LogP contribution is 2.46. The van der Waals surface area contributed by atoms with Crippen LogP contribution in [0.1, 0.15) is 23.1 Å². The molecular formula is C24H17Cl2NO7. The number of hydrogen-bond acceptors (Lipinski definition) is 7. The van der Waals surface area contributed by atoms with Crippen LogP contribution in [0.2, 0.25) is 10.0 Å². The van der Waals surface area contributed by atoms with Gasteiger partial charge in [0.25, 0.3) is 11.7 Å². The van der Waals surface area contributed by atoms with Gasteiger partial charge in [0.1, 0.15) is 23.3 Å². The number of aliphatic hydroxyl groups is 1. The number of aliphatic hydroxyl groups excluding tert-OH is 1. The number of methoxy groups -OCH3 is 1. The molecule has 5 rings (SSSR count). The molecule has 3 aromatic rings. The molecule has 1 atom stereocenters. The molecule has 1 saturated heterocycles. The van der Waals surface area contributed by atoms with E-state index in [-0.39, 0.29) is 33.7 Å². The number of amides is 1. The zero-order valence-corrected chi connectivity index (χ0v) is 19.4. The third kappa shape index (κ3) is 3.46. The lowest BCUT2D eigenvalue weighted by atomic mass is 9.99.